The SMILES string of the molecule is Cc1cc(Br)ccc1N1CCCCNC(C)C1. The van der Waals surface area contributed by atoms with Crippen LogP contribution in [-0.4, -0.2) is 25.7 Å². The third-order valence-electron chi connectivity index (χ3n) is 3.34. The van der Waals surface area contributed by atoms with Gasteiger partial charge in [-0.3, -0.25) is 0 Å². The number of nitrogens with one attached hydrogen (secondary N) is 1. The van der Waals surface area contributed by atoms with Crippen LogP contribution in [0.4, 0.5) is 5.69 Å². The highest BCUT2D eigenvalue weighted by Gasteiger charge is 2.14. The zero-order valence-corrected chi connectivity index (χ0v) is 12.3. The van der Waals surface area contributed by atoms with Crippen LogP contribution in [-0.2, 0) is 0 Å². The average molecular weight is 297 g/mol. The number of hydrogen-bond acceptors (Lipinski definition) is 2. The number of aryl methyl sites for hydroxylation is 1. The summed E-state index contributed by atoms with van der Waals surface area (Å²) in [6.45, 7) is 7.90. The molecule has 1 unspecified atom stereocenters. The Morgan fingerprint density at radius 1 is 1.35 bits per heavy atom. The van der Waals surface area contributed by atoms with Crippen molar-refractivity contribution in [1.29, 1.82) is 0 Å². The molecule has 0 spiro atoms. The lowest BCUT2D eigenvalue weighted by molar-refractivity contribution is 0.485. The van der Waals surface area contributed by atoms with E-state index in [4.69, 9.17) is 0 Å². The molecule has 94 valence electrons. The maximum atomic E-state index is 3.56. The number of rotatable bonds is 1. The summed E-state index contributed by atoms with van der Waals surface area (Å²) in [6, 6.07) is 7.14. The predicted octanol–water partition coefficient (Wildman–Crippen LogP) is 3.34. The van der Waals surface area contributed by atoms with Gasteiger partial charge in [-0.2, -0.15) is 0 Å². The molecule has 1 N–H and O–H groups in total. The minimum atomic E-state index is 0.568. The predicted molar refractivity (Wildman–Crippen MR) is 77.8 cm³/mol. The lowest BCUT2D eigenvalue weighted by atomic mass is 10.1. The largest absolute Gasteiger partial charge is 0.370 e. The number of halogens is 1. The molecule has 1 aromatic rings. The topological polar surface area (TPSA) is 15.3 Å². The van der Waals surface area contributed by atoms with E-state index >= 15 is 0 Å². The number of benzene rings is 1. The molecule has 2 rings (SSSR count). The van der Waals surface area contributed by atoms with Crippen LogP contribution < -0.4 is 10.2 Å². The second-order valence-electron chi connectivity index (χ2n) is 4.94. The molecule has 2 nitrogen and oxygen atoms in total. The maximum Gasteiger partial charge on any atom is 0.0397 e. The van der Waals surface area contributed by atoms with E-state index in [9.17, 15) is 0 Å². The van der Waals surface area contributed by atoms with Crippen molar-refractivity contribution in [2.24, 2.45) is 0 Å². The van der Waals surface area contributed by atoms with Crippen LogP contribution in [0.1, 0.15) is 25.3 Å². The Kier molecular flexibility index (Phi) is 4.46. The Morgan fingerprint density at radius 3 is 2.94 bits per heavy atom. The van der Waals surface area contributed by atoms with Crippen molar-refractivity contribution in [3.63, 3.8) is 0 Å². The summed E-state index contributed by atoms with van der Waals surface area (Å²) in [5, 5.41) is 3.56. The van der Waals surface area contributed by atoms with E-state index in [1.54, 1.807) is 0 Å². The minimum absolute atomic E-state index is 0.568. The third kappa shape index (κ3) is 3.46. The van der Waals surface area contributed by atoms with Crippen LogP contribution in [0, 0.1) is 6.92 Å². The van der Waals surface area contributed by atoms with Gasteiger partial charge >= 0.3 is 0 Å². The molecule has 0 bridgehead atoms. The van der Waals surface area contributed by atoms with Gasteiger partial charge in [0.1, 0.15) is 0 Å². The summed E-state index contributed by atoms with van der Waals surface area (Å²) in [7, 11) is 0. The highest BCUT2D eigenvalue weighted by molar-refractivity contribution is 9.10. The molecule has 1 heterocycles. The van der Waals surface area contributed by atoms with E-state index in [2.05, 4.69) is 58.2 Å². The molecule has 1 saturated heterocycles. The molecule has 0 amide bonds. The number of nitrogens with zero attached hydrogens (tertiary/aromatic N) is 1. The molecule has 1 aliphatic heterocycles. The lowest BCUT2D eigenvalue weighted by Gasteiger charge is -2.32. The molecular weight excluding hydrogens is 276 g/mol. The van der Waals surface area contributed by atoms with Crippen LogP contribution in [0.25, 0.3) is 0 Å². The van der Waals surface area contributed by atoms with Crippen molar-refractivity contribution < 1.29 is 0 Å². The van der Waals surface area contributed by atoms with Crippen molar-refractivity contribution in [2.75, 3.05) is 24.5 Å². The Labute approximate surface area is 113 Å². The van der Waals surface area contributed by atoms with Gasteiger partial charge in [0, 0.05) is 29.3 Å². The fraction of sp³-hybridized carbons (Fsp3) is 0.571. The zero-order chi connectivity index (χ0) is 12.3. The van der Waals surface area contributed by atoms with Gasteiger partial charge in [0.15, 0.2) is 0 Å². The summed E-state index contributed by atoms with van der Waals surface area (Å²) in [5.41, 5.74) is 2.73. The fourth-order valence-corrected chi connectivity index (χ4v) is 2.93. The Bertz CT molecular complexity index is 378. The molecule has 0 radical (unpaired) electrons. The van der Waals surface area contributed by atoms with E-state index in [0.717, 1.165) is 17.6 Å². The zero-order valence-electron chi connectivity index (χ0n) is 10.7. The monoisotopic (exact) mass is 296 g/mol. The quantitative estimate of drug-likeness (QED) is 0.855. The van der Waals surface area contributed by atoms with Crippen LogP contribution in [0.5, 0.6) is 0 Å². The highest BCUT2D eigenvalue weighted by atomic mass is 79.9. The van der Waals surface area contributed by atoms with E-state index in [-0.39, 0.29) is 0 Å². The molecule has 0 aliphatic carbocycles. The van der Waals surface area contributed by atoms with Gasteiger partial charge in [0.25, 0.3) is 0 Å². The normalized spacial score (nSPS) is 22.1. The molecule has 1 fully saturated rings. The summed E-state index contributed by atoms with van der Waals surface area (Å²) < 4.78 is 1.16. The van der Waals surface area contributed by atoms with Crippen molar-refractivity contribution >= 4 is 21.6 Å². The van der Waals surface area contributed by atoms with Crippen molar-refractivity contribution in [3.05, 3.63) is 28.2 Å². The van der Waals surface area contributed by atoms with E-state index in [1.165, 1.54) is 30.6 Å². The van der Waals surface area contributed by atoms with E-state index < -0.39 is 0 Å². The van der Waals surface area contributed by atoms with Crippen LogP contribution in [0.3, 0.4) is 0 Å². The summed E-state index contributed by atoms with van der Waals surface area (Å²) in [4.78, 5) is 2.51. The maximum absolute atomic E-state index is 3.56. The van der Waals surface area contributed by atoms with E-state index in [0.29, 0.717) is 6.04 Å². The van der Waals surface area contributed by atoms with Gasteiger partial charge < -0.3 is 10.2 Å². The van der Waals surface area contributed by atoms with Gasteiger partial charge in [-0.25, -0.2) is 0 Å². The minimum Gasteiger partial charge on any atom is -0.370 e. The average Bonchev–Trinajstić information content (AvgIpc) is 2.24. The van der Waals surface area contributed by atoms with Gasteiger partial charge in [0.05, 0.1) is 0 Å². The highest BCUT2D eigenvalue weighted by Crippen LogP contribution is 2.24. The van der Waals surface area contributed by atoms with Crippen LogP contribution >= 0.6 is 15.9 Å². The second-order valence-corrected chi connectivity index (χ2v) is 5.85. The van der Waals surface area contributed by atoms with E-state index in [1.807, 2.05) is 0 Å². The Balaban J connectivity index is 2.17. The molecule has 1 aliphatic rings. The van der Waals surface area contributed by atoms with Crippen molar-refractivity contribution in [2.45, 2.75) is 32.7 Å². The number of hydrogen-bond donors (Lipinski definition) is 1. The molecule has 3 heteroatoms. The fourth-order valence-electron chi connectivity index (χ4n) is 2.46. The first-order valence-electron chi connectivity index (χ1n) is 6.41. The third-order valence-corrected chi connectivity index (χ3v) is 3.83. The van der Waals surface area contributed by atoms with Crippen LogP contribution in [0.2, 0.25) is 0 Å². The first-order chi connectivity index (χ1) is 8.16. The molecule has 0 aromatic heterocycles. The van der Waals surface area contributed by atoms with Gasteiger partial charge in [-0.05, 0) is 57.0 Å². The number of anilines is 1. The summed E-state index contributed by atoms with van der Waals surface area (Å²) in [5.74, 6) is 0. The Hall–Kier alpha value is -0.540. The Morgan fingerprint density at radius 2 is 2.18 bits per heavy atom. The van der Waals surface area contributed by atoms with Crippen LogP contribution in [0.15, 0.2) is 22.7 Å². The van der Waals surface area contributed by atoms with Gasteiger partial charge in [-0.1, -0.05) is 15.9 Å². The first-order valence-corrected chi connectivity index (χ1v) is 7.20. The first kappa shape index (κ1) is 12.9. The van der Waals surface area contributed by atoms with Gasteiger partial charge in [0.2, 0.25) is 0 Å². The summed E-state index contributed by atoms with van der Waals surface area (Å²) >= 11 is 3.53. The molecule has 17 heavy (non-hydrogen) atoms. The molecule has 1 atom stereocenters. The lowest BCUT2D eigenvalue weighted by Crippen LogP contribution is -2.42. The van der Waals surface area contributed by atoms with Gasteiger partial charge in [-0.15, -0.1) is 0 Å². The molecule has 0 saturated carbocycles. The molecular formula is C14H21BrN2. The summed E-state index contributed by atoms with van der Waals surface area (Å²) in [6.07, 6.45) is 2.55. The standard InChI is InChI=1S/C14H21BrN2/c1-11-9-13(15)5-6-14(11)17-8-4-3-7-16-12(2)10-17/h5-6,9,12,16H,3-4,7-8,10H2,1-2H3. The second kappa shape index (κ2) is 5.87. The van der Waals surface area contributed by atoms with Crippen molar-refractivity contribution in [3.8, 4) is 0 Å². The molecule has 1 aromatic carbocycles. The van der Waals surface area contributed by atoms with Crippen molar-refractivity contribution in [1.82, 2.24) is 5.32 Å². The smallest absolute Gasteiger partial charge is 0.0397 e.